The van der Waals surface area contributed by atoms with Gasteiger partial charge in [-0.05, 0) is 0 Å². The molecular weight excluding hydrogens is 182 g/mol. The number of rotatable bonds is 0. The van der Waals surface area contributed by atoms with E-state index in [1.54, 1.807) is 0 Å². The average molecular weight is 183 g/mol. The molecule has 1 radical (unpaired) electrons. The minimum absolute atomic E-state index is 0. The molecule has 0 bridgehead atoms. The van der Waals surface area contributed by atoms with Gasteiger partial charge >= 0.3 is 0 Å². The second kappa shape index (κ2) is 5.39. The summed E-state index contributed by atoms with van der Waals surface area (Å²) in [4.78, 5) is 0. The third-order valence-corrected chi connectivity index (χ3v) is 0. The molecule has 0 atom stereocenters. The van der Waals surface area contributed by atoms with E-state index in [4.69, 9.17) is 34.8 Å². The number of halogens is 3. The maximum absolute atomic E-state index is 4.81. The molecule has 4 heteroatoms. The van der Waals surface area contributed by atoms with Gasteiger partial charge in [0.05, 0.1) is 0 Å². The van der Waals surface area contributed by atoms with E-state index in [2.05, 4.69) is 0 Å². The van der Waals surface area contributed by atoms with Gasteiger partial charge < -0.3 is 0 Å². The fourth-order valence-corrected chi connectivity index (χ4v) is 0. The van der Waals surface area contributed by atoms with Crippen LogP contribution in [0, 0.1) is 0 Å². The molecule has 0 amide bonds. The maximum Gasteiger partial charge on any atom is 0.180 e. The van der Waals surface area contributed by atoms with Crippen LogP contribution in [0.4, 0.5) is 0 Å². The first-order valence-electron chi connectivity index (χ1n) is 0.655. The molecule has 0 fully saturated rings. The van der Waals surface area contributed by atoms with Crippen molar-refractivity contribution < 1.29 is 17.1 Å². The Hall–Kier alpha value is 1.39. The summed E-state index contributed by atoms with van der Waals surface area (Å²) >= 11 is 14.4. The van der Waals surface area contributed by atoms with Crippen LogP contribution in [0.5, 0.6) is 0 Å². The Balaban J connectivity index is 0. The zero-order chi connectivity index (χ0) is 3.58. The zero-order valence-electron chi connectivity index (χ0n) is 2.01. The fourth-order valence-electron chi connectivity index (χ4n) is 0. The molecule has 0 saturated carbocycles. The third kappa shape index (κ3) is 32.1. The number of hydrogen-bond donors (Lipinski definition) is 0. The summed E-state index contributed by atoms with van der Waals surface area (Å²) in [6, 6.07) is 0. The molecule has 0 aliphatic heterocycles. The van der Waals surface area contributed by atoms with Crippen LogP contribution in [0.25, 0.3) is 0 Å². The summed E-state index contributed by atoms with van der Waals surface area (Å²) in [5, 5.41) is 0. The van der Waals surface area contributed by atoms with Crippen molar-refractivity contribution in [2.75, 3.05) is 0 Å². The summed E-state index contributed by atoms with van der Waals surface area (Å²) in [6.07, 6.45) is 0. The third-order valence-electron chi connectivity index (χ3n) is 0. The molecule has 0 aromatic carbocycles. The van der Waals surface area contributed by atoms with Crippen LogP contribution in [-0.2, 0) is 17.1 Å². The largest absolute Gasteiger partial charge is 0.180 e. The van der Waals surface area contributed by atoms with E-state index in [9.17, 15) is 0 Å². The van der Waals surface area contributed by atoms with Crippen LogP contribution < -0.4 is 0 Å². The minimum atomic E-state index is -0.750. The van der Waals surface area contributed by atoms with Crippen molar-refractivity contribution in [1.29, 1.82) is 0 Å². The predicted molar refractivity (Wildman–Crippen MR) is 21.3 cm³/mol. The molecule has 0 heterocycles. The van der Waals surface area contributed by atoms with Crippen molar-refractivity contribution in [3.63, 3.8) is 0 Å². The molecule has 0 aromatic rings. The minimum Gasteiger partial charge on any atom is -0.0874 e. The number of alkyl halides is 3. The molecular formula is CHCl3Cu. The smallest absolute Gasteiger partial charge is 0.0874 e. The van der Waals surface area contributed by atoms with E-state index in [1.165, 1.54) is 0 Å². The van der Waals surface area contributed by atoms with Gasteiger partial charge in [0.25, 0.3) is 0 Å². The van der Waals surface area contributed by atoms with Crippen molar-refractivity contribution in [3.05, 3.63) is 0 Å². The fraction of sp³-hybridized carbons (Fsp3) is 1.00. The molecule has 0 aromatic heterocycles. The van der Waals surface area contributed by atoms with Crippen LogP contribution in [0.1, 0.15) is 0 Å². The van der Waals surface area contributed by atoms with E-state index < -0.39 is 4.30 Å². The molecule has 0 unspecified atom stereocenters. The molecule has 0 N–H and O–H groups in total. The summed E-state index contributed by atoms with van der Waals surface area (Å²) < 4.78 is -0.750. The van der Waals surface area contributed by atoms with Gasteiger partial charge in [0.15, 0.2) is 4.30 Å². The molecule has 5 heavy (non-hydrogen) atoms. The molecule has 0 aliphatic carbocycles. The number of hydrogen-bond acceptors (Lipinski definition) is 0. The summed E-state index contributed by atoms with van der Waals surface area (Å²) in [7, 11) is 0. The van der Waals surface area contributed by atoms with Crippen LogP contribution in [0.15, 0.2) is 0 Å². The van der Waals surface area contributed by atoms with Crippen LogP contribution in [0.2, 0.25) is 0 Å². The van der Waals surface area contributed by atoms with E-state index in [1.807, 2.05) is 0 Å². The quantitative estimate of drug-likeness (QED) is 0.397. The Labute approximate surface area is 56.2 Å². The van der Waals surface area contributed by atoms with Crippen LogP contribution in [-0.4, -0.2) is 4.30 Å². The van der Waals surface area contributed by atoms with Crippen molar-refractivity contribution in [2.24, 2.45) is 0 Å². The van der Waals surface area contributed by atoms with E-state index in [0.29, 0.717) is 0 Å². The summed E-state index contributed by atoms with van der Waals surface area (Å²) in [5.41, 5.74) is 0. The second-order valence-electron chi connectivity index (χ2n) is 0.247. The molecule has 0 aliphatic rings. The van der Waals surface area contributed by atoms with Crippen molar-refractivity contribution in [1.82, 2.24) is 0 Å². The van der Waals surface area contributed by atoms with Gasteiger partial charge in [-0.25, -0.2) is 0 Å². The van der Waals surface area contributed by atoms with Gasteiger partial charge in [0, 0.05) is 17.1 Å². The van der Waals surface area contributed by atoms with Gasteiger partial charge in [-0.15, -0.1) is 0 Å². The predicted octanol–water partition coefficient (Wildman–Crippen LogP) is 1.98. The molecule has 37 valence electrons. The van der Waals surface area contributed by atoms with Gasteiger partial charge in [-0.1, -0.05) is 34.8 Å². The topological polar surface area (TPSA) is 0 Å². The zero-order valence-corrected chi connectivity index (χ0v) is 5.22. The first-order valence-corrected chi connectivity index (χ1v) is 1.96. The summed E-state index contributed by atoms with van der Waals surface area (Å²) in [5.74, 6) is 0. The van der Waals surface area contributed by atoms with Gasteiger partial charge in [0.1, 0.15) is 0 Å². The molecule has 0 spiro atoms. The monoisotopic (exact) mass is 181 g/mol. The van der Waals surface area contributed by atoms with Gasteiger partial charge in [0.2, 0.25) is 0 Å². The standard InChI is InChI=1S/CHCl3.Cu/c2-1(3)4;/h1H;. The normalized spacial score (nSPS) is 7.20. The van der Waals surface area contributed by atoms with Crippen molar-refractivity contribution in [2.45, 2.75) is 4.30 Å². The Bertz CT molecular complexity index is 11.6. The van der Waals surface area contributed by atoms with Gasteiger partial charge in [-0.3, -0.25) is 0 Å². The van der Waals surface area contributed by atoms with Crippen LogP contribution in [0.3, 0.4) is 0 Å². The van der Waals surface area contributed by atoms with Crippen molar-refractivity contribution in [3.8, 4) is 0 Å². The maximum atomic E-state index is 4.81. The van der Waals surface area contributed by atoms with E-state index in [0.717, 1.165) is 0 Å². The first kappa shape index (κ1) is 9.63. The Kier molecular flexibility index (Phi) is 10.4. The molecule has 0 saturated heterocycles. The first-order chi connectivity index (χ1) is 1.73. The Morgan fingerprint density at radius 2 is 1.00 bits per heavy atom. The van der Waals surface area contributed by atoms with Crippen molar-refractivity contribution >= 4 is 34.8 Å². The Morgan fingerprint density at radius 1 is 1.00 bits per heavy atom. The molecule has 0 nitrogen and oxygen atoms in total. The second-order valence-corrected chi connectivity index (χ2v) is 2.23. The average Bonchev–Trinajstić information content (AvgIpc) is 0.811. The SMILES string of the molecule is ClC(Cl)Cl.[Cu]. The Morgan fingerprint density at radius 3 is 1.00 bits per heavy atom. The molecule has 0 rings (SSSR count). The van der Waals surface area contributed by atoms with E-state index in [-0.39, 0.29) is 17.1 Å². The van der Waals surface area contributed by atoms with E-state index >= 15 is 0 Å². The van der Waals surface area contributed by atoms with Gasteiger partial charge in [-0.2, -0.15) is 0 Å². The summed E-state index contributed by atoms with van der Waals surface area (Å²) in [6.45, 7) is 0. The van der Waals surface area contributed by atoms with Crippen LogP contribution >= 0.6 is 34.8 Å².